The Morgan fingerprint density at radius 2 is 2.24 bits per heavy atom. The van der Waals surface area contributed by atoms with Crippen molar-refractivity contribution in [3.63, 3.8) is 0 Å². The number of carbonyl (C=O) groups excluding carboxylic acids is 1. The van der Waals surface area contributed by atoms with Gasteiger partial charge in [-0.05, 0) is 37.0 Å². The summed E-state index contributed by atoms with van der Waals surface area (Å²) < 4.78 is 5.74. The Morgan fingerprint density at radius 3 is 3.05 bits per heavy atom. The van der Waals surface area contributed by atoms with Gasteiger partial charge in [-0.2, -0.15) is 0 Å². The average molecular weight is 282 g/mol. The summed E-state index contributed by atoms with van der Waals surface area (Å²) in [6.07, 6.45) is 5.31. The fourth-order valence-electron chi connectivity index (χ4n) is 3.45. The van der Waals surface area contributed by atoms with Crippen LogP contribution in [0.25, 0.3) is 10.9 Å². The Hall–Kier alpha value is -1.94. The van der Waals surface area contributed by atoms with E-state index in [1.54, 1.807) is 0 Å². The number of benzene rings is 1. The molecule has 0 saturated carbocycles. The third-order valence-electron chi connectivity index (χ3n) is 4.56. The second kappa shape index (κ2) is 5.11. The van der Waals surface area contributed by atoms with Crippen LogP contribution in [0.1, 0.15) is 24.8 Å². The number of carbonyl (C=O) groups is 1. The van der Waals surface area contributed by atoms with Crippen LogP contribution in [0.4, 0.5) is 0 Å². The molecule has 4 rings (SSSR count). The fourth-order valence-corrected chi connectivity index (χ4v) is 3.45. The minimum Gasteiger partial charge on any atom is -0.374 e. The van der Waals surface area contributed by atoms with Crippen LogP contribution in [-0.4, -0.2) is 23.1 Å². The van der Waals surface area contributed by atoms with Crippen LogP contribution in [0.3, 0.4) is 0 Å². The first-order chi connectivity index (χ1) is 10.3. The number of nitrogens with zero attached hydrogens (tertiary/aromatic N) is 1. The number of pyridine rings is 1. The molecule has 4 nitrogen and oxygen atoms in total. The second-order valence-corrected chi connectivity index (χ2v) is 5.97. The van der Waals surface area contributed by atoms with E-state index in [-0.39, 0.29) is 17.9 Å². The van der Waals surface area contributed by atoms with Gasteiger partial charge < -0.3 is 10.1 Å². The molecule has 2 aliphatic rings. The van der Waals surface area contributed by atoms with Gasteiger partial charge in [-0.15, -0.1) is 0 Å². The summed E-state index contributed by atoms with van der Waals surface area (Å²) in [6, 6.07) is 10.1. The van der Waals surface area contributed by atoms with Gasteiger partial charge in [0.25, 0.3) is 0 Å². The van der Waals surface area contributed by atoms with Crippen molar-refractivity contribution in [3.05, 3.63) is 42.1 Å². The number of hydrogen-bond donors (Lipinski definition) is 1. The summed E-state index contributed by atoms with van der Waals surface area (Å²) in [4.78, 5) is 16.7. The van der Waals surface area contributed by atoms with E-state index >= 15 is 0 Å². The van der Waals surface area contributed by atoms with Crippen LogP contribution in [0.2, 0.25) is 0 Å². The van der Waals surface area contributed by atoms with E-state index in [2.05, 4.69) is 16.4 Å². The number of hydrogen-bond acceptors (Lipinski definition) is 3. The van der Waals surface area contributed by atoms with Gasteiger partial charge in [-0.25, -0.2) is 0 Å². The van der Waals surface area contributed by atoms with Crippen molar-refractivity contribution < 1.29 is 9.53 Å². The maximum Gasteiger partial charge on any atom is 0.226 e. The van der Waals surface area contributed by atoms with E-state index in [4.69, 9.17) is 4.74 Å². The number of para-hydroxylation sites is 1. The quantitative estimate of drug-likeness (QED) is 0.940. The number of fused-ring (bicyclic) bond motifs is 3. The highest BCUT2D eigenvalue weighted by molar-refractivity contribution is 5.81. The van der Waals surface area contributed by atoms with Gasteiger partial charge in [0, 0.05) is 18.1 Å². The Kier molecular flexibility index (Phi) is 3.11. The Bertz CT molecular complexity index is 685. The lowest BCUT2D eigenvalue weighted by molar-refractivity contribution is -0.126. The smallest absolute Gasteiger partial charge is 0.226 e. The van der Waals surface area contributed by atoms with E-state index < -0.39 is 0 Å². The molecule has 2 aromatic rings. The molecule has 2 saturated heterocycles. The lowest BCUT2D eigenvalue weighted by Crippen LogP contribution is -2.35. The first kappa shape index (κ1) is 12.8. The van der Waals surface area contributed by atoms with Crippen molar-refractivity contribution in [1.82, 2.24) is 10.3 Å². The van der Waals surface area contributed by atoms with Crippen LogP contribution in [0.5, 0.6) is 0 Å². The molecule has 0 spiro atoms. The molecular formula is C17H18N2O2. The van der Waals surface area contributed by atoms with Crippen LogP contribution in [0, 0.1) is 5.92 Å². The SMILES string of the molecule is O=C(NCc1cnc2ccccc2c1)C1CC2CCC1O2. The normalized spacial score (nSPS) is 27.1. The van der Waals surface area contributed by atoms with Crippen LogP contribution < -0.4 is 5.32 Å². The molecule has 2 bridgehead atoms. The highest BCUT2D eigenvalue weighted by atomic mass is 16.5. The Morgan fingerprint density at radius 1 is 1.33 bits per heavy atom. The number of rotatable bonds is 3. The first-order valence-corrected chi connectivity index (χ1v) is 7.56. The Labute approximate surface area is 123 Å². The summed E-state index contributed by atoms with van der Waals surface area (Å²) in [5.74, 6) is 0.160. The topological polar surface area (TPSA) is 51.2 Å². The second-order valence-electron chi connectivity index (χ2n) is 5.97. The maximum atomic E-state index is 12.3. The summed E-state index contributed by atoms with van der Waals surface area (Å²) in [5.41, 5.74) is 2.01. The van der Waals surface area contributed by atoms with E-state index in [9.17, 15) is 4.79 Å². The number of ether oxygens (including phenoxy) is 1. The van der Waals surface area contributed by atoms with Crippen molar-refractivity contribution in [1.29, 1.82) is 0 Å². The van der Waals surface area contributed by atoms with Gasteiger partial charge in [-0.1, -0.05) is 18.2 Å². The zero-order valence-corrected chi connectivity index (χ0v) is 11.8. The molecule has 1 amide bonds. The number of amides is 1. The fraction of sp³-hybridized carbons (Fsp3) is 0.412. The highest BCUT2D eigenvalue weighted by Gasteiger charge is 2.44. The van der Waals surface area contributed by atoms with Crippen LogP contribution in [0.15, 0.2) is 36.5 Å². The van der Waals surface area contributed by atoms with Gasteiger partial charge >= 0.3 is 0 Å². The molecule has 0 aliphatic carbocycles. The van der Waals surface area contributed by atoms with E-state index in [0.29, 0.717) is 12.6 Å². The van der Waals surface area contributed by atoms with Gasteiger partial charge in [0.15, 0.2) is 0 Å². The Balaban J connectivity index is 1.42. The lowest BCUT2D eigenvalue weighted by atomic mass is 9.88. The molecule has 3 unspecified atom stereocenters. The predicted molar refractivity (Wildman–Crippen MR) is 79.6 cm³/mol. The van der Waals surface area contributed by atoms with Gasteiger partial charge in [0.1, 0.15) is 0 Å². The third-order valence-corrected chi connectivity index (χ3v) is 4.56. The molecular weight excluding hydrogens is 264 g/mol. The molecule has 1 N–H and O–H groups in total. The first-order valence-electron chi connectivity index (χ1n) is 7.56. The minimum atomic E-state index is 0.0390. The van der Waals surface area contributed by atoms with Crippen LogP contribution >= 0.6 is 0 Å². The summed E-state index contributed by atoms with van der Waals surface area (Å²) in [6.45, 7) is 0.532. The zero-order valence-electron chi connectivity index (χ0n) is 11.8. The predicted octanol–water partition coefficient (Wildman–Crippen LogP) is 2.42. The molecule has 2 aliphatic heterocycles. The molecule has 1 aromatic heterocycles. The zero-order chi connectivity index (χ0) is 14.2. The van der Waals surface area contributed by atoms with Crippen molar-refractivity contribution in [2.75, 3.05) is 0 Å². The van der Waals surface area contributed by atoms with Crippen molar-refractivity contribution in [2.24, 2.45) is 5.92 Å². The standard InChI is InChI=1S/C17H18N2O2/c20-17(14-8-13-5-6-16(14)21-13)19-10-11-7-12-3-1-2-4-15(12)18-9-11/h1-4,7,9,13-14,16H,5-6,8,10H2,(H,19,20). The third kappa shape index (κ3) is 2.40. The molecule has 2 fully saturated rings. The largest absolute Gasteiger partial charge is 0.374 e. The van der Waals surface area contributed by atoms with Gasteiger partial charge in [-0.3, -0.25) is 9.78 Å². The molecule has 3 atom stereocenters. The molecule has 108 valence electrons. The molecule has 3 heterocycles. The highest BCUT2D eigenvalue weighted by Crippen LogP contribution is 2.38. The van der Waals surface area contributed by atoms with Gasteiger partial charge in [0.05, 0.1) is 23.6 Å². The molecule has 21 heavy (non-hydrogen) atoms. The van der Waals surface area contributed by atoms with Crippen molar-refractivity contribution >= 4 is 16.8 Å². The van der Waals surface area contributed by atoms with E-state index in [0.717, 1.165) is 35.7 Å². The average Bonchev–Trinajstić information content (AvgIpc) is 3.15. The van der Waals surface area contributed by atoms with Gasteiger partial charge in [0.2, 0.25) is 5.91 Å². The van der Waals surface area contributed by atoms with E-state index in [1.165, 1.54) is 0 Å². The number of aromatic nitrogens is 1. The van der Waals surface area contributed by atoms with E-state index in [1.807, 2.05) is 30.5 Å². The summed E-state index contributed by atoms with van der Waals surface area (Å²) in [7, 11) is 0. The minimum absolute atomic E-state index is 0.0390. The molecule has 4 heteroatoms. The monoisotopic (exact) mass is 282 g/mol. The molecule has 1 aromatic carbocycles. The molecule has 0 radical (unpaired) electrons. The van der Waals surface area contributed by atoms with Crippen LogP contribution in [-0.2, 0) is 16.1 Å². The summed E-state index contributed by atoms with van der Waals surface area (Å²) >= 11 is 0. The number of nitrogens with one attached hydrogen (secondary N) is 1. The summed E-state index contributed by atoms with van der Waals surface area (Å²) in [5, 5.41) is 4.14. The van der Waals surface area contributed by atoms with Crippen molar-refractivity contribution in [3.8, 4) is 0 Å². The lowest BCUT2D eigenvalue weighted by Gasteiger charge is -2.17. The van der Waals surface area contributed by atoms with Crippen molar-refractivity contribution in [2.45, 2.75) is 38.0 Å². The maximum absolute atomic E-state index is 12.3.